The molecule has 36 heavy (non-hydrogen) atoms. The number of para-hydroxylation sites is 1. The highest BCUT2D eigenvalue weighted by Crippen LogP contribution is 2.28. The summed E-state index contributed by atoms with van der Waals surface area (Å²) in [6.45, 7) is 1.42. The first-order valence-corrected chi connectivity index (χ1v) is 11.8. The number of ether oxygens (including phenoxy) is 1. The summed E-state index contributed by atoms with van der Waals surface area (Å²) < 4.78 is 5.40. The second kappa shape index (κ2) is 9.65. The maximum atomic E-state index is 13.3. The van der Waals surface area contributed by atoms with Crippen LogP contribution in [-0.4, -0.2) is 53.6 Å². The van der Waals surface area contributed by atoms with E-state index in [1.807, 2.05) is 0 Å². The van der Waals surface area contributed by atoms with Crippen molar-refractivity contribution in [1.82, 2.24) is 9.80 Å². The fourth-order valence-corrected chi connectivity index (χ4v) is 4.66. The van der Waals surface area contributed by atoms with E-state index in [0.29, 0.717) is 46.8 Å². The predicted molar refractivity (Wildman–Crippen MR) is 133 cm³/mol. The Balaban J connectivity index is 1.39. The monoisotopic (exact) mass is 483 g/mol. The number of hydrogen-bond donors (Lipinski definition) is 1. The molecule has 2 aliphatic heterocycles. The summed E-state index contributed by atoms with van der Waals surface area (Å²) >= 11 is 0. The third-order valence-electron chi connectivity index (χ3n) is 6.53. The number of imide groups is 1. The van der Waals surface area contributed by atoms with E-state index >= 15 is 0 Å². The number of nitrogens with zero attached hydrogens (tertiary/aromatic N) is 2. The van der Waals surface area contributed by atoms with Gasteiger partial charge in [0, 0.05) is 13.1 Å². The second-order valence-electron chi connectivity index (χ2n) is 8.78. The maximum absolute atomic E-state index is 13.3. The van der Waals surface area contributed by atoms with Crippen molar-refractivity contribution in [1.29, 1.82) is 0 Å². The molecule has 1 fully saturated rings. The molecular weight excluding hydrogens is 458 g/mol. The van der Waals surface area contributed by atoms with Crippen LogP contribution in [0.1, 0.15) is 59.8 Å². The quantitative estimate of drug-likeness (QED) is 0.535. The molecule has 182 valence electrons. The summed E-state index contributed by atoms with van der Waals surface area (Å²) in [4.78, 5) is 54.8. The van der Waals surface area contributed by atoms with Crippen LogP contribution in [-0.2, 0) is 6.54 Å². The third-order valence-corrected chi connectivity index (χ3v) is 6.53. The second-order valence-corrected chi connectivity index (χ2v) is 8.78. The lowest BCUT2D eigenvalue weighted by Crippen LogP contribution is -2.29. The van der Waals surface area contributed by atoms with E-state index in [9.17, 15) is 19.2 Å². The molecule has 5 rings (SSSR count). The molecule has 1 N–H and O–H groups in total. The highest BCUT2D eigenvalue weighted by molar-refractivity contribution is 6.21. The van der Waals surface area contributed by atoms with E-state index in [4.69, 9.17) is 4.74 Å². The zero-order chi connectivity index (χ0) is 25.2. The van der Waals surface area contributed by atoms with Gasteiger partial charge in [0.2, 0.25) is 0 Å². The van der Waals surface area contributed by atoms with Crippen molar-refractivity contribution in [3.8, 4) is 5.75 Å². The Morgan fingerprint density at radius 3 is 2.17 bits per heavy atom. The molecule has 0 bridgehead atoms. The van der Waals surface area contributed by atoms with Crippen LogP contribution in [0.5, 0.6) is 5.75 Å². The molecule has 8 heteroatoms. The largest absolute Gasteiger partial charge is 0.496 e. The van der Waals surface area contributed by atoms with Gasteiger partial charge in [0.1, 0.15) is 5.75 Å². The van der Waals surface area contributed by atoms with E-state index in [2.05, 4.69) is 5.32 Å². The van der Waals surface area contributed by atoms with Crippen LogP contribution in [0.3, 0.4) is 0 Å². The van der Waals surface area contributed by atoms with Gasteiger partial charge >= 0.3 is 0 Å². The number of fused-ring (bicyclic) bond motifs is 1. The molecule has 8 nitrogen and oxygen atoms in total. The topological polar surface area (TPSA) is 96.0 Å². The summed E-state index contributed by atoms with van der Waals surface area (Å²) in [7, 11) is 1.46. The van der Waals surface area contributed by atoms with Gasteiger partial charge in [-0.05, 0) is 54.8 Å². The molecule has 3 aromatic rings. The zero-order valence-corrected chi connectivity index (χ0v) is 19.8. The van der Waals surface area contributed by atoms with Crippen LogP contribution in [0.2, 0.25) is 0 Å². The SMILES string of the molecule is COc1ccc(CN2C(=O)c3ccccc3C2=O)cc1C(=O)Nc1ccccc1C(=O)N1CCCC1. The minimum absolute atomic E-state index is 0.0145. The summed E-state index contributed by atoms with van der Waals surface area (Å²) in [5, 5.41) is 2.84. The average molecular weight is 484 g/mol. The highest BCUT2D eigenvalue weighted by atomic mass is 16.5. The Kier molecular flexibility index (Phi) is 6.25. The maximum Gasteiger partial charge on any atom is 0.261 e. The molecular formula is C28H25N3O5. The van der Waals surface area contributed by atoms with Gasteiger partial charge in [-0.1, -0.05) is 30.3 Å². The van der Waals surface area contributed by atoms with Crippen LogP contribution < -0.4 is 10.1 Å². The van der Waals surface area contributed by atoms with Gasteiger partial charge in [0.15, 0.2) is 0 Å². The van der Waals surface area contributed by atoms with E-state index in [1.54, 1.807) is 71.6 Å². The Bertz CT molecular complexity index is 1340. The Morgan fingerprint density at radius 2 is 1.50 bits per heavy atom. The van der Waals surface area contributed by atoms with Gasteiger partial charge in [0.05, 0.1) is 41.6 Å². The van der Waals surface area contributed by atoms with Crippen molar-refractivity contribution < 1.29 is 23.9 Å². The fraction of sp³-hybridized carbons (Fsp3) is 0.214. The number of nitrogens with one attached hydrogen (secondary N) is 1. The molecule has 0 aliphatic carbocycles. The Labute approximate surface area is 208 Å². The van der Waals surface area contributed by atoms with Gasteiger partial charge in [-0.2, -0.15) is 0 Å². The Hall–Kier alpha value is -4.46. The number of amides is 4. The molecule has 0 atom stereocenters. The number of rotatable bonds is 6. The van der Waals surface area contributed by atoms with Crippen molar-refractivity contribution in [2.45, 2.75) is 19.4 Å². The number of methoxy groups -OCH3 is 1. The van der Waals surface area contributed by atoms with E-state index in [1.165, 1.54) is 7.11 Å². The van der Waals surface area contributed by atoms with Gasteiger partial charge in [-0.25, -0.2) is 0 Å². The fourth-order valence-electron chi connectivity index (χ4n) is 4.66. The van der Waals surface area contributed by atoms with Crippen molar-refractivity contribution in [2.75, 3.05) is 25.5 Å². The molecule has 3 aromatic carbocycles. The molecule has 4 amide bonds. The average Bonchev–Trinajstić information content (AvgIpc) is 3.53. The minimum Gasteiger partial charge on any atom is -0.496 e. The minimum atomic E-state index is -0.460. The molecule has 0 unspecified atom stereocenters. The van der Waals surface area contributed by atoms with Crippen LogP contribution in [0, 0.1) is 0 Å². The molecule has 1 saturated heterocycles. The Morgan fingerprint density at radius 1 is 0.861 bits per heavy atom. The highest BCUT2D eigenvalue weighted by Gasteiger charge is 2.35. The zero-order valence-electron chi connectivity index (χ0n) is 19.8. The van der Waals surface area contributed by atoms with Gasteiger partial charge in [-0.15, -0.1) is 0 Å². The van der Waals surface area contributed by atoms with Crippen LogP contribution >= 0.6 is 0 Å². The van der Waals surface area contributed by atoms with Crippen molar-refractivity contribution in [2.24, 2.45) is 0 Å². The number of benzene rings is 3. The number of hydrogen-bond acceptors (Lipinski definition) is 5. The molecule has 0 aromatic heterocycles. The summed E-state index contributed by atoms with van der Waals surface area (Å²) in [6, 6.07) is 18.5. The molecule has 2 aliphatic rings. The van der Waals surface area contributed by atoms with Crippen molar-refractivity contribution in [3.05, 3.63) is 94.5 Å². The van der Waals surface area contributed by atoms with E-state index < -0.39 is 5.91 Å². The van der Waals surface area contributed by atoms with E-state index in [-0.39, 0.29) is 29.8 Å². The van der Waals surface area contributed by atoms with Gasteiger partial charge in [0.25, 0.3) is 23.6 Å². The summed E-state index contributed by atoms with van der Waals surface area (Å²) in [5.74, 6) is -0.979. The number of anilines is 1. The van der Waals surface area contributed by atoms with Crippen molar-refractivity contribution in [3.63, 3.8) is 0 Å². The molecule has 0 spiro atoms. The molecule has 0 saturated carbocycles. The number of carbonyl (C=O) groups is 4. The number of carbonyl (C=O) groups excluding carboxylic acids is 4. The lowest BCUT2D eigenvalue weighted by molar-refractivity contribution is 0.0641. The smallest absolute Gasteiger partial charge is 0.261 e. The molecule has 2 heterocycles. The predicted octanol–water partition coefficient (Wildman–Crippen LogP) is 3.98. The number of likely N-dealkylation sites (tertiary alicyclic amines) is 1. The first-order valence-electron chi connectivity index (χ1n) is 11.8. The van der Waals surface area contributed by atoms with Gasteiger partial charge < -0.3 is 15.0 Å². The lowest BCUT2D eigenvalue weighted by atomic mass is 10.1. The summed E-state index contributed by atoms with van der Waals surface area (Å²) in [5.41, 5.74) is 2.40. The van der Waals surface area contributed by atoms with Crippen LogP contribution in [0.4, 0.5) is 5.69 Å². The van der Waals surface area contributed by atoms with Crippen LogP contribution in [0.15, 0.2) is 66.7 Å². The first-order chi connectivity index (χ1) is 17.5. The van der Waals surface area contributed by atoms with Crippen LogP contribution in [0.25, 0.3) is 0 Å². The van der Waals surface area contributed by atoms with Gasteiger partial charge in [-0.3, -0.25) is 24.1 Å². The molecule has 0 radical (unpaired) electrons. The standard InChI is InChI=1S/C28H25N3O5/c1-36-24-13-12-18(17-31-27(34)19-8-2-3-9-20(19)28(31)35)16-22(24)25(32)29-23-11-5-4-10-21(23)26(33)30-14-6-7-15-30/h2-5,8-13,16H,6-7,14-15,17H2,1H3,(H,29,32). The lowest BCUT2D eigenvalue weighted by Gasteiger charge is -2.19. The first kappa shape index (κ1) is 23.3. The third kappa shape index (κ3) is 4.22. The van der Waals surface area contributed by atoms with Crippen molar-refractivity contribution >= 4 is 29.3 Å². The normalized spacial score (nSPS) is 14.7. The van der Waals surface area contributed by atoms with E-state index in [0.717, 1.165) is 17.7 Å². The summed E-state index contributed by atoms with van der Waals surface area (Å²) in [6.07, 6.45) is 1.94.